The van der Waals surface area contributed by atoms with Crippen LogP contribution in [-0.4, -0.2) is 6.61 Å². The predicted molar refractivity (Wildman–Crippen MR) is 79.2 cm³/mol. The molecule has 0 heterocycles. The number of unbranched alkanes of at least 4 members (excludes halogenated alkanes) is 5. The molecule has 18 heavy (non-hydrogen) atoms. The van der Waals surface area contributed by atoms with E-state index in [1.807, 2.05) is 13.0 Å². The van der Waals surface area contributed by atoms with Crippen molar-refractivity contribution in [2.75, 3.05) is 12.3 Å². The average Bonchev–Trinajstić information content (AvgIpc) is 2.34. The molecule has 0 fully saturated rings. The van der Waals surface area contributed by atoms with Crippen LogP contribution in [0.5, 0.6) is 5.75 Å². The summed E-state index contributed by atoms with van der Waals surface area (Å²) in [6.07, 6.45) is 7.74. The molecule has 1 rings (SSSR count). The Morgan fingerprint density at radius 3 is 2.33 bits per heavy atom. The molecule has 0 amide bonds. The van der Waals surface area contributed by atoms with Gasteiger partial charge in [-0.15, -0.1) is 0 Å². The molecule has 1 aromatic carbocycles. The van der Waals surface area contributed by atoms with Crippen molar-refractivity contribution in [2.24, 2.45) is 0 Å². The van der Waals surface area contributed by atoms with E-state index >= 15 is 0 Å². The first kappa shape index (κ1) is 14.9. The van der Waals surface area contributed by atoms with Crippen molar-refractivity contribution >= 4 is 5.69 Å². The number of ether oxygens (including phenoxy) is 1. The van der Waals surface area contributed by atoms with Crippen molar-refractivity contribution in [3.05, 3.63) is 23.3 Å². The lowest BCUT2D eigenvalue weighted by atomic mass is 10.1. The second kappa shape index (κ2) is 8.02. The van der Waals surface area contributed by atoms with Crippen molar-refractivity contribution in [3.8, 4) is 5.75 Å². The summed E-state index contributed by atoms with van der Waals surface area (Å²) in [6, 6.07) is 4.04. The Kier molecular flexibility index (Phi) is 6.63. The van der Waals surface area contributed by atoms with Crippen molar-refractivity contribution in [1.82, 2.24) is 0 Å². The summed E-state index contributed by atoms with van der Waals surface area (Å²) < 4.78 is 5.80. The van der Waals surface area contributed by atoms with E-state index in [-0.39, 0.29) is 0 Å². The lowest BCUT2D eigenvalue weighted by molar-refractivity contribution is 0.302. The average molecular weight is 249 g/mol. The van der Waals surface area contributed by atoms with Gasteiger partial charge in [-0.1, -0.05) is 45.1 Å². The van der Waals surface area contributed by atoms with Crippen LogP contribution < -0.4 is 10.5 Å². The SMILES string of the molecule is CCCCCCCCOc1cc(N)c(C)cc1C. The summed E-state index contributed by atoms with van der Waals surface area (Å²) in [6.45, 7) is 7.14. The van der Waals surface area contributed by atoms with Gasteiger partial charge in [0.15, 0.2) is 0 Å². The van der Waals surface area contributed by atoms with E-state index in [0.29, 0.717) is 0 Å². The molecule has 2 N–H and O–H groups in total. The molecule has 2 nitrogen and oxygen atoms in total. The van der Waals surface area contributed by atoms with Crippen LogP contribution in [0.25, 0.3) is 0 Å². The molecule has 0 aliphatic heterocycles. The maximum atomic E-state index is 5.89. The summed E-state index contributed by atoms with van der Waals surface area (Å²) in [4.78, 5) is 0. The Morgan fingerprint density at radius 2 is 1.61 bits per heavy atom. The molecule has 2 heteroatoms. The van der Waals surface area contributed by atoms with Crippen LogP contribution >= 0.6 is 0 Å². The largest absolute Gasteiger partial charge is 0.493 e. The van der Waals surface area contributed by atoms with Crippen molar-refractivity contribution in [3.63, 3.8) is 0 Å². The van der Waals surface area contributed by atoms with E-state index in [2.05, 4.69) is 19.9 Å². The fourth-order valence-electron chi connectivity index (χ4n) is 2.07. The van der Waals surface area contributed by atoms with Crippen molar-refractivity contribution < 1.29 is 4.74 Å². The Hall–Kier alpha value is -1.18. The summed E-state index contributed by atoms with van der Waals surface area (Å²) in [5, 5.41) is 0. The van der Waals surface area contributed by atoms with Gasteiger partial charge in [0.25, 0.3) is 0 Å². The molecule has 0 saturated carbocycles. The van der Waals surface area contributed by atoms with Crippen molar-refractivity contribution in [2.45, 2.75) is 59.3 Å². The molecule has 0 radical (unpaired) electrons. The summed E-state index contributed by atoms with van der Waals surface area (Å²) in [7, 11) is 0. The first-order chi connectivity index (χ1) is 8.65. The molecule has 0 bridgehead atoms. The number of nitrogens with two attached hydrogens (primary N) is 1. The fourth-order valence-corrected chi connectivity index (χ4v) is 2.07. The molecular weight excluding hydrogens is 222 g/mol. The van der Waals surface area contributed by atoms with Crippen molar-refractivity contribution in [1.29, 1.82) is 0 Å². The van der Waals surface area contributed by atoms with Gasteiger partial charge in [0.1, 0.15) is 5.75 Å². The van der Waals surface area contributed by atoms with Gasteiger partial charge in [-0.3, -0.25) is 0 Å². The minimum atomic E-state index is 0.801. The number of benzene rings is 1. The quantitative estimate of drug-likeness (QED) is 0.538. The molecule has 102 valence electrons. The highest BCUT2D eigenvalue weighted by Crippen LogP contribution is 2.24. The normalized spacial score (nSPS) is 10.6. The lowest BCUT2D eigenvalue weighted by Gasteiger charge is -2.11. The second-order valence-electron chi connectivity index (χ2n) is 5.09. The van der Waals surface area contributed by atoms with Gasteiger partial charge in [0.2, 0.25) is 0 Å². The van der Waals surface area contributed by atoms with Crippen LogP contribution in [0, 0.1) is 13.8 Å². The maximum absolute atomic E-state index is 5.89. The third-order valence-electron chi connectivity index (χ3n) is 3.32. The number of nitrogen functional groups attached to an aromatic ring is 1. The molecule has 0 aromatic heterocycles. The first-order valence-corrected chi connectivity index (χ1v) is 7.14. The molecule has 0 saturated heterocycles. The van der Waals surface area contributed by atoms with E-state index in [0.717, 1.165) is 30.0 Å². The summed E-state index contributed by atoms with van der Waals surface area (Å²) in [5.41, 5.74) is 9.01. The van der Waals surface area contributed by atoms with Crippen LogP contribution in [0.1, 0.15) is 56.6 Å². The molecule has 0 unspecified atom stereocenters. The molecular formula is C16H27NO. The van der Waals surface area contributed by atoms with Crippen LogP contribution in [0.3, 0.4) is 0 Å². The number of rotatable bonds is 8. The third kappa shape index (κ3) is 4.99. The summed E-state index contributed by atoms with van der Waals surface area (Å²) >= 11 is 0. The molecule has 0 spiro atoms. The highest BCUT2D eigenvalue weighted by atomic mass is 16.5. The molecule has 0 atom stereocenters. The number of aryl methyl sites for hydroxylation is 2. The monoisotopic (exact) mass is 249 g/mol. The van der Waals surface area contributed by atoms with E-state index in [1.165, 1.54) is 37.7 Å². The van der Waals surface area contributed by atoms with Gasteiger partial charge in [-0.05, 0) is 31.4 Å². The van der Waals surface area contributed by atoms with Gasteiger partial charge in [-0.2, -0.15) is 0 Å². The zero-order valence-corrected chi connectivity index (χ0v) is 12.1. The van der Waals surface area contributed by atoms with Crippen LogP contribution in [0.2, 0.25) is 0 Å². The Balaban J connectivity index is 2.25. The second-order valence-corrected chi connectivity index (χ2v) is 5.09. The zero-order chi connectivity index (χ0) is 13.4. The molecule has 0 aliphatic rings. The number of hydrogen-bond donors (Lipinski definition) is 1. The smallest absolute Gasteiger partial charge is 0.124 e. The standard InChI is InChI=1S/C16H27NO/c1-4-5-6-7-8-9-10-18-16-12-15(17)13(2)11-14(16)3/h11-12H,4-10,17H2,1-3H3. The minimum absolute atomic E-state index is 0.801. The van der Waals surface area contributed by atoms with Gasteiger partial charge in [0.05, 0.1) is 6.61 Å². The highest BCUT2D eigenvalue weighted by molar-refractivity contribution is 5.54. The topological polar surface area (TPSA) is 35.2 Å². The van der Waals surface area contributed by atoms with E-state index in [4.69, 9.17) is 10.5 Å². The Morgan fingerprint density at radius 1 is 0.944 bits per heavy atom. The van der Waals surface area contributed by atoms with Crippen LogP contribution in [0.15, 0.2) is 12.1 Å². The van der Waals surface area contributed by atoms with E-state index in [1.54, 1.807) is 0 Å². The number of anilines is 1. The minimum Gasteiger partial charge on any atom is -0.493 e. The first-order valence-electron chi connectivity index (χ1n) is 7.14. The van der Waals surface area contributed by atoms with Crippen LogP contribution in [0.4, 0.5) is 5.69 Å². The molecule has 0 aliphatic carbocycles. The van der Waals surface area contributed by atoms with E-state index in [9.17, 15) is 0 Å². The Bertz CT molecular complexity index is 360. The van der Waals surface area contributed by atoms with Gasteiger partial charge >= 0.3 is 0 Å². The van der Waals surface area contributed by atoms with Gasteiger partial charge in [-0.25, -0.2) is 0 Å². The zero-order valence-electron chi connectivity index (χ0n) is 12.1. The Labute approximate surface area is 112 Å². The van der Waals surface area contributed by atoms with E-state index < -0.39 is 0 Å². The number of hydrogen-bond acceptors (Lipinski definition) is 2. The maximum Gasteiger partial charge on any atom is 0.124 e. The highest BCUT2D eigenvalue weighted by Gasteiger charge is 2.03. The third-order valence-corrected chi connectivity index (χ3v) is 3.32. The van der Waals surface area contributed by atoms with Gasteiger partial charge < -0.3 is 10.5 Å². The summed E-state index contributed by atoms with van der Waals surface area (Å²) in [5.74, 6) is 0.937. The lowest BCUT2D eigenvalue weighted by Crippen LogP contribution is -2.01. The molecule has 1 aromatic rings. The van der Waals surface area contributed by atoms with Gasteiger partial charge in [0, 0.05) is 11.8 Å². The predicted octanol–water partition coefficient (Wildman–Crippen LogP) is 4.62. The fraction of sp³-hybridized carbons (Fsp3) is 0.625. The van der Waals surface area contributed by atoms with Crippen LogP contribution in [-0.2, 0) is 0 Å².